The molecule has 1 amide bonds. The van der Waals surface area contributed by atoms with E-state index in [-0.39, 0.29) is 11.9 Å². The van der Waals surface area contributed by atoms with Crippen LogP contribution in [0.15, 0.2) is 0 Å². The van der Waals surface area contributed by atoms with Crippen LogP contribution >= 0.6 is 0 Å². The lowest BCUT2D eigenvalue weighted by atomic mass is 10.3. The Kier molecular flexibility index (Phi) is 8.51. The highest BCUT2D eigenvalue weighted by atomic mass is 16.5. The summed E-state index contributed by atoms with van der Waals surface area (Å²) in [4.78, 5) is 11.2. The van der Waals surface area contributed by atoms with Crippen molar-refractivity contribution in [3.05, 3.63) is 0 Å². The third-order valence-corrected chi connectivity index (χ3v) is 1.67. The zero-order chi connectivity index (χ0) is 10.8. The summed E-state index contributed by atoms with van der Waals surface area (Å²) >= 11 is 0. The minimum absolute atomic E-state index is 0.00780. The van der Waals surface area contributed by atoms with Gasteiger partial charge in [-0.3, -0.25) is 4.79 Å². The molecule has 0 aromatic heterocycles. The van der Waals surface area contributed by atoms with Gasteiger partial charge in [0, 0.05) is 13.2 Å². The van der Waals surface area contributed by atoms with Crippen LogP contribution in [0.2, 0.25) is 0 Å². The first-order chi connectivity index (χ1) is 6.70. The maximum Gasteiger partial charge on any atom is 0.234 e. The normalized spacial score (nSPS) is 12.5. The number of hydrogen-bond acceptors (Lipinski definition) is 4. The van der Waals surface area contributed by atoms with E-state index in [4.69, 9.17) is 10.5 Å². The van der Waals surface area contributed by atoms with Crippen molar-refractivity contribution < 1.29 is 9.53 Å². The Hall–Kier alpha value is -0.650. The lowest BCUT2D eigenvalue weighted by molar-refractivity contribution is -0.121. The average Bonchev–Trinajstić information content (AvgIpc) is 2.13. The van der Waals surface area contributed by atoms with Crippen molar-refractivity contribution in [3.8, 4) is 0 Å². The van der Waals surface area contributed by atoms with Gasteiger partial charge in [-0.25, -0.2) is 0 Å². The van der Waals surface area contributed by atoms with E-state index in [0.29, 0.717) is 19.7 Å². The van der Waals surface area contributed by atoms with Gasteiger partial charge in [-0.05, 0) is 26.4 Å². The van der Waals surface area contributed by atoms with Crippen LogP contribution in [0, 0.1) is 0 Å². The fraction of sp³-hybridized carbons (Fsp3) is 0.889. The summed E-state index contributed by atoms with van der Waals surface area (Å²) in [7, 11) is 1.61. The minimum atomic E-state index is -0.00780. The number of methoxy groups -OCH3 is 1. The fourth-order valence-electron chi connectivity index (χ4n) is 1.05. The largest absolute Gasteiger partial charge is 0.383 e. The predicted molar refractivity (Wildman–Crippen MR) is 56.0 cm³/mol. The highest BCUT2D eigenvalue weighted by Gasteiger charge is 2.05. The predicted octanol–water partition coefficient (Wildman–Crippen LogP) is -0.924. The number of nitrogens with one attached hydrogen (secondary N) is 2. The highest BCUT2D eigenvalue weighted by Crippen LogP contribution is 1.81. The molecule has 0 spiro atoms. The van der Waals surface area contributed by atoms with Gasteiger partial charge in [0.25, 0.3) is 0 Å². The van der Waals surface area contributed by atoms with Crippen LogP contribution < -0.4 is 16.4 Å². The first kappa shape index (κ1) is 13.4. The molecule has 5 heteroatoms. The molecule has 0 heterocycles. The lowest BCUT2D eigenvalue weighted by Gasteiger charge is -2.12. The van der Waals surface area contributed by atoms with E-state index in [1.165, 1.54) is 0 Å². The van der Waals surface area contributed by atoms with E-state index in [9.17, 15) is 4.79 Å². The first-order valence-corrected chi connectivity index (χ1v) is 4.89. The monoisotopic (exact) mass is 203 g/mol. The van der Waals surface area contributed by atoms with Crippen molar-refractivity contribution in [2.45, 2.75) is 19.4 Å². The summed E-state index contributed by atoms with van der Waals surface area (Å²) in [6, 6.07) is 0.0591. The van der Waals surface area contributed by atoms with Crippen molar-refractivity contribution in [2.24, 2.45) is 5.73 Å². The van der Waals surface area contributed by atoms with Crippen LogP contribution in [-0.4, -0.2) is 45.3 Å². The number of rotatable bonds is 8. The van der Waals surface area contributed by atoms with Crippen LogP contribution in [0.5, 0.6) is 0 Å². The summed E-state index contributed by atoms with van der Waals surface area (Å²) in [6.45, 7) is 4.21. The minimum Gasteiger partial charge on any atom is -0.383 e. The smallest absolute Gasteiger partial charge is 0.234 e. The molecule has 0 aromatic rings. The summed E-state index contributed by atoms with van der Waals surface area (Å²) in [5.74, 6) is -0.00780. The fourth-order valence-corrected chi connectivity index (χ4v) is 1.05. The topological polar surface area (TPSA) is 76.4 Å². The molecule has 0 aliphatic heterocycles. The molecule has 1 atom stereocenters. The van der Waals surface area contributed by atoms with E-state index in [0.717, 1.165) is 13.0 Å². The van der Waals surface area contributed by atoms with Crippen LogP contribution in [-0.2, 0) is 9.53 Å². The summed E-state index contributed by atoms with van der Waals surface area (Å²) < 4.78 is 4.90. The Morgan fingerprint density at radius 1 is 1.57 bits per heavy atom. The number of hydrogen-bond donors (Lipinski definition) is 3. The van der Waals surface area contributed by atoms with Gasteiger partial charge in [-0.1, -0.05) is 0 Å². The third kappa shape index (κ3) is 7.97. The van der Waals surface area contributed by atoms with E-state index >= 15 is 0 Å². The molecule has 0 rings (SSSR count). The summed E-state index contributed by atoms with van der Waals surface area (Å²) in [5.41, 5.74) is 5.31. The average molecular weight is 203 g/mol. The molecule has 0 radical (unpaired) electrons. The first-order valence-electron chi connectivity index (χ1n) is 4.89. The van der Waals surface area contributed by atoms with Crippen molar-refractivity contribution >= 4 is 5.91 Å². The summed E-state index contributed by atoms with van der Waals surface area (Å²) in [5, 5.41) is 5.80. The van der Waals surface area contributed by atoms with Crippen molar-refractivity contribution in [3.63, 3.8) is 0 Å². The molecule has 5 nitrogen and oxygen atoms in total. The zero-order valence-electron chi connectivity index (χ0n) is 9.01. The SMILES string of the molecule is COCC(C)NC(=O)CNCCCN. The van der Waals surface area contributed by atoms with Crippen LogP contribution in [0.25, 0.3) is 0 Å². The van der Waals surface area contributed by atoms with Crippen molar-refractivity contribution in [2.75, 3.05) is 33.4 Å². The molecule has 84 valence electrons. The van der Waals surface area contributed by atoms with Gasteiger partial charge in [0.05, 0.1) is 13.2 Å². The highest BCUT2D eigenvalue weighted by molar-refractivity contribution is 5.78. The Bertz CT molecular complexity index is 153. The summed E-state index contributed by atoms with van der Waals surface area (Å²) in [6.07, 6.45) is 0.890. The second kappa shape index (κ2) is 8.93. The quantitative estimate of drug-likeness (QED) is 0.446. The second-order valence-electron chi connectivity index (χ2n) is 3.24. The number of ether oxygens (including phenoxy) is 1. The molecule has 0 aliphatic carbocycles. The molecule has 4 N–H and O–H groups in total. The molecule has 0 saturated carbocycles. The van der Waals surface area contributed by atoms with Gasteiger partial charge in [-0.2, -0.15) is 0 Å². The molecule has 0 aromatic carbocycles. The van der Waals surface area contributed by atoms with E-state index in [2.05, 4.69) is 10.6 Å². The Morgan fingerprint density at radius 2 is 2.29 bits per heavy atom. The van der Waals surface area contributed by atoms with Gasteiger partial charge >= 0.3 is 0 Å². The van der Waals surface area contributed by atoms with Crippen molar-refractivity contribution in [1.82, 2.24) is 10.6 Å². The molecule has 0 aliphatic rings. The number of amides is 1. The molecule has 14 heavy (non-hydrogen) atoms. The van der Waals surface area contributed by atoms with E-state index in [1.807, 2.05) is 6.92 Å². The van der Waals surface area contributed by atoms with Gasteiger partial charge < -0.3 is 21.1 Å². The number of carbonyl (C=O) groups excluding carboxylic acids is 1. The molecular formula is C9H21N3O2. The van der Waals surface area contributed by atoms with E-state index in [1.54, 1.807) is 7.11 Å². The van der Waals surface area contributed by atoms with E-state index < -0.39 is 0 Å². The second-order valence-corrected chi connectivity index (χ2v) is 3.24. The molecule has 0 saturated heterocycles. The molecule has 0 bridgehead atoms. The van der Waals surface area contributed by atoms with Crippen LogP contribution in [0.4, 0.5) is 0 Å². The van der Waals surface area contributed by atoms with Gasteiger partial charge in [0.1, 0.15) is 0 Å². The van der Waals surface area contributed by atoms with Crippen molar-refractivity contribution in [1.29, 1.82) is 0 Å². The third-order valence-electron chi connectivity index (χ3n) is 1.67. The molecule has 1 unspecified atom stereocenters. The zero-order valence-corrected chi connectivity index (χ0v) is 9.01. The van der Waals surface area contributed by atoms with Crippen LogP contribution in [0.3, 0.4) is 0 Å². The lowest BCUT2D eigenvalue weighted by Crippen LogP contribution is -2.41. The molecular weight excluding hydrogens is 182 g/mol. The Labute approximate surface area is 85.4 Å². The van der Waals surface area contributed by atoms with Gasteiger partial charge in [0.15, 0.2) is 0 Å². The number of carbonyl (C=O) groups is 1. The maximum atomic E-state index is 11.2. The standard InChI is InChI=1S/C9H21N3O2/c1-8(7-14-2)12-9(13)6-11-5-3-4-10/h8,11H,3-7,10H2,1-2H3,(H,12,13). The van der Waals surface area contributed by atoms with Crippen LogP contribution in [0.1, 0.15) is 13.3 Å². The Morgan fingerprint density at radius 3 is 2.86 bits per heavy atom. The molecule has 0 fully saturated rings. The van der Waals surface area contributed by atoms with Gasteiger partial charge in [0.2, 0.25) is 5.91 Å². The number of nitrogens with two attached hydrogens (primary N) is 1. The van der Waals surface area contributed by atoms with Gasteiger partial charge in [-0.15, -0.1) is 0 Å². The maximum absolute atomic E-state index is 11.2. The Balaban J connectivity index is 3.35.